The molecule has 98 valence electrons. The highest BCUT2D eigenvalue weighted by Crippen LogP contribution is 2.29. The van der Waals surface area contributed by atoms with E-state index in [-0.39, 0.29) is 6.04 Å². The molecular weight excluding hydrogens is 264 g/mol. The van der Waals surface area contributed by atoms with Gasteiger partial charge < -0.3 is 5.32 Å². The Morgan fingerprint density at radius 2 is 2.11 bits per heavy atom. The highest BCUT2D eigenvalue weighted by Gasteiger charge is 2.24. The van der Waals surface area contributed by atoms with Gasteiger partial charge in [0.05, 0.1) is 6.04 Å². The van der Waals surface area contributed by atoms with E-state index in [1.807, 2.05) is 18.2 Å². The second-order valence-corrected chi connectivity index (χ2v) is 6.83. The van der Waals surface area contributed by atoms with Gasteiger partial charge in [-0.2, -0.15) is 0 Å². The Kier molecular flexibility index (Phi) is 4.23. The largest absolute Gasteiger partial charge is 0.358 e. The SMILES string of the molecule is CC(NC1=NCC(C)(C)CS1)c1ccccc1Cl. The Bertz CT molecular complexity index is 457. The molecule has 1 aliphatic rings. The molecule has 1 unspecified atom stereocenters. The maximum absolute atomic E-state index is 6.20. The molecule has 1 N–H and O–H groups in total. The Morgan fingerprint density at radius 3 is 2.72 bits per heavy atom. The molecule has 2 rings (SSSR count). The van der Waals surface area contributed by atoms with Gasteiger partial charge in [-0.1, -0.05) is 55.4 Å². The lowest BCUT2D eigenvalue weighted by atomic mass is 9.97. The third-order valence-electron chi connectivity index (χ3n) is 2.96. The first-order valence-electron chi connectivity index (χ1n) is 6.16. The Morgan fingerprint density at radius 1 is 1.39 bits per heavy atom. The van der Waals surface area contributed by atoms with Gasteiger partial charge in [0.15, 0.2) is 5.17 Å². The second kappa shape index (κ2) is 5.54. The maximum atomic E-state index is 6.20. The number of halogens is 1. The van der Waals surface area contributed by atoms with E-state index in [0.717, 1.165) is 28.1 Å². The van der Waals surface area contributed by atoms with Gasteiger partial charge in [-0.25, -0.2) is 0 Å². The first-order chi connectivity index (χ1) is 8.48. The van der Waals surface area contributed by atoms with E-state index < -0.39 is 0 Å². The average Bonchev–Trinajstić information content (AvgIpc) is 2.32. The van der Waals surface area contributed by atoms with Crippen LogP contribution >= 0.6 is 23.4 Å². The van der Waals surface area contributed by atoms with Gasteiger partial charge in [0.2, 0.25) is 0 Å². The fraction of sp³-hybridized carbons (Fsp3) is 0.500. The number of hydrogen-bond acceptors (Lipinski definition) is 3. The van der Waals surface area contributed by atoms with Crippen molar-refractivity contribution in [2.24, 2.45) is 10.4 Å². The maximum Gasteiger partial charge on any atom is 0.157 e. The number of thioether (sulfide) groups is 1. The molecule has 4 heteroatoms. The summed E-state index contributed by atoms with van der Waals surface area (Å²) in [5.74, 6) is 1.11. The number of benzene rings is 1. The van der Waals surface area contributed by atoms with E-state index >= 15 is 0 Å². The Hall–Kier alpha value is -0.670. The fourth-order valence-electron chi connectivity index (χ4n) is 1.82. The Labute approximate surface area is 118 Å². The summed E-state index contributed by atoms with van der Waals surface area (Å²) in [6.45, 7) is 7.50. The van der Waals surface area contributed by atoms with Gasteiger partial charge in [0.1, 0.15) is 0 Å². The molecule has 18 heavy (non-hydrogen) atoms. The monoisotopic (exact) mass is 282 g/mol. The lowest BCUT2D eigenvalue weighted by Crippen LogP contribution is -2.32. The van der Waals surface area contributed by atoms with Gasteiger partial charge in [-0.15, -0.1) is 0 Å². The molecule has 0 saturated carbocycles. The molecule has 0 aromatic heterocycles. The first kappa shape index (κ1) is 13.8. The summed E-state index contributed by atoms with van der Waals surface area (Å²) in [5.41, 5.74) is 1.43. The third-order valence-corrected chi connectivity index (χ3v) is 4.75. The van der Waals surface area contributed by atoms with Crippen LogP contribution in [0.3, 0.4) is 0 Å². The molecule has 1 aliphatic heterocycles. The van der Waals surface area contributed by atoms with Crippen LogP contribution in [0, 0.1) is 5.41 Å². The number of hydrogen-bond donors (Lipinski definition) is 1. The zero-order chi connectivity index (χ0) is 13.2. The molecule has 0 fully saturated rings. The summed E-state index contributed by atoms with van der Waals surface area (Å²) in [6.07, 6.45) is 0. The molecule has 2 nitrogen and oxygen atoms in total. The smallest absolute Gasteiger partial charge is 0.157 e. The lowest BCUT2D eigenvalue weighted by molar-refractivity contribution is 0.436. The van der Waals surface area contributed by atoms with E-state index in [4.69, 9.17) is 11.6 Å². The van der Waals surface area contributed by atoms with Crippen molar-refractivity contribution in [3.63, 3.8) is 0 Å². The quantitative estimate of drug-likeness (QED) is 0.882. The van der Waals surface area contributed by atoms with Crippen LogP contribution in [0.25, 0.3) is 0 Å². The molecule has 0 amide bonds. The highest BCUT2D eigenvalue weighted by molar-refractivity contribution is 8.13. The summed E-state index contributed by atoms with van der Waals surface area (Å²) in [6, 6.07) is 8.13. The molecule has 0 bridgehead atoms. The molecule has 1 heterocycles. The van der Waals surface area contributed by atoms with Gasteiger partial charge in [-0.05, 0) is 24.0 Å². The number of nitrogens with zero attached hydrogens (tertiary/aromatic N) is 1. The van der Waals surface area contributed by atoms with Crippen LogP contribution in [0.2, 0.25) is 5.02 Å². The second-order valence-electron chi connectivity index (χ2n) is 5.46. The summed E-state index contributed by atoms with van der Waals surface area (Å²) in [7, 11) is 0. The number of amidine groups is 1. The highest BCUT2D eigenvalue weighted by atomic mass is 35.5. The first-order valence-corrected chi connectivity index (χ1v) is 7.52. The van der Waals surface area contributed by atoms with Crippen molar-refractivity contribution in [1.82, 2.24) is 5.32 Å². The minimum absolute atomic E-state index is 0.186. The summed E-state index contributed by atoms with van der Waals surface area (Å²) in [4.78, 5) is 4.60. The van der Waals surface area contributed by atoms with Crippen molar-refractivity contribution in [1.29, 1.82) is 0 Å². The normalized spacial score (nSPS) is 20.1. The van der Waals surface area contributed by atoms with Crippen molar-refractivity contribution in [3.8, 4) is 0 Å². The van der Waals surface area contributed by atoms with E-state index in [0.29, 0.717) is 5.41 Å². The van der Waals surface area contributed by atoms with Crippen LogP contribution in [-0.2, 0) is 0 Å². The Balaban J connectivity index is 2.03. The predicted octanol–water partition coefficient (Wildman–Crippen LogP) is 4.12. The molecule has 1 aromatic carbocycles. The van der Waals surface area contributed by atoms with Crippen LogP contribution < -0.4 is 5.32 Å². The molecule has 1 atom stereocenters. The van der Waals surface area contributed by atoms with E-state index in [1.54, 1.807) is 11.8 Å². The number of rotatable bonds is 2. The van der Waals surface area contributed by atoms with Crippen LogP contribution in [0.4, 0.5) is 0 Å². The molecule has 0 saturated heterocycles. The van der Waals surface area contributed by atoms with Crippen molar-refractivity contribution in [2.45, 2.75) is 26.8 Å². The van der Waals surface area contributed by atoms with Gasteiger partial charge in [-0.3, -0.25) is 4.99 Å². The lowest BCUT2D eigenvalue weighted by Gasteiger charge is -2.28. The standard InChI is InChI=1S/C14H19ClN2S/c1-10(11-6-4-5-7-12(11)15)17-13-16-8-14(2,3)9-18-13/h4-7,10H,8-9H2,1-3H3,(H,16,17). The summed E-state index contributed by atoms with van der Waals surface area (Å²) >= 11 is 7.99. The zero-order valence-corrected chi connectivity index (χ0v) is 12.6. The van der Waals surface area contributed by atoms with Gasteiger partial charge >= 0.3 is 0 Å². The summed E-state index contributed by atoms with van der Waals surface area (Å²) < 4.78 is 0. The number of nitrogens with one attached hydrogen (secondary N) is 1. The van der Waals surface area contributed by atoms with Crippen molar-refractivity contribution < 1.29 is 0 Å². The summed E-state index contributed by atoms with van der Waals surface area (Å²) in [5, 5.41) is 5.28. The van der Waals surface area contributed by atoms with E-state index in [9.17, 15) is 0 Å². The van der Waals surface area contributed by atoms with Crippen LogP contribution in [0.5, 0.6) is 0 Å². The molecule has 1 aromatic rings. The van der Waals surface area contributed by atoms with Crippen LogP contribution in [-0.4, -0.2) is 17.5 Å². The topological polar surface area (TPSA) is 24.4 Å². The van der Waals surface area contributed by atoms with Crippen LogP contribution in [0.1, 0.15) is 32.4 Å². The van der Waals surface area contributed by atoms with E-state index in [1.165, 1.54) is 0 Å². The minimum atomic E-state index is 0.186. The van der Waals surface area contributed by atoms with Crippen molar-refractivity contribution in [3.05, 3.63) is 34.9 Å². The molecule has 0 spiro atoms. The predicted molar refractivity (Wildman–Crippen MR) is 81.5 cm³/mol. The van der Waals surface area contributed by atoms with Gasteiger partial charge in [0.25, 0.3) is 0 Å². The third kappa shape index (κ3) is 3.42. The minimum Gasteiger partial charge on any atom is -0.358 e. The zero-order valence-electron chi connectivity index (χ0n) is 11.0. The number of aliphatic imine (C=N–C) groups is 1. The fourth-order valence-corrected chi connectivity index (χ4v) is 3.15. The van der Waals surface area contributed by atoms with Crippen molar-refractivity contribution >= 4 is 28.5 Å². The van der Waals surface area contributed by atoms with Crippen molar-refractivity contribution in [2.75, 3.05) is 12.3 Å². The molecule has 0 aliphatic carbocycles. The average molecular weight is 283 g/mol. The van der Waals surface area contributed by atoms with E-state index in [2.05, 4.69) is 37.1 Å². The molecule has 0 radical (unpaired) electrons. The molecular formula is C14H19ClN2S. The van der Waals surface area contributed by atoms with Crippen LogP contribution in [0.15, 0.2) is 29.3 Å². The van der Waals surface area contributed by atoms with Gasteiger partial charge in [0, 0.05) is 17.3 Å².